The molecule has 0 saturated carbocycles. The number of hydrogen-bond acceptors (Lipinski definition) is 6. The minimum Gasteiger partial charge on any atom is -0.507 e. The highest BCUT2D eigenvalue weighted by Gasteiger charge is 2.27. The Hall–Kier alpha value is -4.21. The zero-order chi connectivity index (χ0) is 34.5. The molecular weight excluding hydrogens is 685 g/mol. The molecule has 246 valence electrons. The molecule has 0 atom stereocenters. The average Bonchev–Trinajstić information content (AvgIpc) is 3.74. The number of phenolic OH excluding ortho intramolecular Hbond substituents is 1. The third-order valence-corrected chi connectivity index (χ3v) is 12.3. The van der Waals surface area contributed by atoms with Crippen LogP contribution in [-0.2, 0) is 37.0 Å². The highest BCUT2D eigenvalue weighted by atomic mass is 32.2. The molecule has 8 heteroatoms. The average molecular weight is 721 g/mol. The van der Waals surface area contributed by atoms with Crippen molar-refractivity contribution >= 4 is 64.4 Å². The summed E-state index contributed by atoms with van der Waals surface area (Å²) in [6.07, 6.45) is 1.64. The van der Waals surface area contributed by atoms with Gasteiger partial charge >= 0.3 is 5.78 Å². The van der Waals surface area contributed by atoms with E-state index in [1.54, 1.807) is 46.6 Å². The van der Waals surface area contributed by atoms with Crippen molar-refractivity contribution in [3.05, 3.63) is 173 Å². The van der Waals surface area contributed by atoms with Crippen LogP contribution in [0.15, 0.2) is 113 Å². The van der Waals surface area contributed by atoms with E-state index in [1.807, 2.05) is 96.5 Å². The molecule has 2 aliphatic rings. The molecule has 2 aromatic heterocycles. The van der Waals surface area contributed by atoms with Gasteiger partial charge in [0, 0.05) is 32.2 Å². The molecule has 1 aliphatic carbocycles. The van der Waals surface area contributed by atoms with Gasteiger partial charge in [-0.2, -0.15) is 0 Å². The minimum atomic E-state index is -0.0637. The standard InChI is InChI=1S/C15H12O2.C13H10OS2.C13H12OS2/c16-13-7-3-5-11-9-8-10-4-1-2-6-12(10)15(17)14(11)13;1-8-2-3-9-11(6-8)16-7-12-10(13(9)14)4-5-15-12;1-9-4-2-3-5-10(9)13(14)11-6-7-16-12(11)8-15/h1-7,16H,8-9H2;2-6H,7H2,1H3;2-7,15H,8H2,1H3/p+2. The number of carbonyl (C=O) groups excluding carboxylic acids is 3. The molecule has 49 heavy (non-hydrogen) atoms. The van der Waals surface area contributed by atoms with Gasteiger partial charge in [-0.05, 0) is 103 Å². The highest BCUT2D eigenvalue weighted by Crippen LogP contribution is 2.36. The van der Waals surface area contributed by atoms with Crippen LogP contribution >= 0.6 is 34.4 Å². The predicted octanol–water partition coefficient (Wildman–Crippen LogP) is 9.12. The van der Waals surface area contributed by atoms with Crippen molar-refractivity contribution < 1.29 is 19.5 Å². The summed E-state index contributed by atoms with van der Waals surface area (Å²) in [5.74, 6) is 2.25. The molecule has 0 amide bonds. The lowest BCUT2D eigenvalue weighted by Crippen LogP contribution is -2.04. The number of thiophene rings is 2. The van der Waals surface area contributed by atoms with Crippen LogP contribution in [0.5, 0.6) is 5.75 Å². The third kappa shape index (κ3) is 7.53. The molecule has 8 rings (SSSR count). The first-order chi connectivity index (χ1) is 23.8. The quantitative estimate of drug-likeness (QED) is 0.146. The Morgan fingerprint density at radius 3 is 2.35 bits per heavy atom. The van der Waals surface area contributed by atoms with E-state index in [2.05, 4.69) is 25.6 Å². The molecule has 0 saturated heterocycles. The number of phenols is 1. The summed E-state index contributed by atoms with van der Waals surface area (Å²) in [7, 11) is 0. The van der Waals surface area contributed by atoms with Crippen LogP contribution in [0.1, 0.15) is 75.0 Å². The van der Waals surface area contributed by atoms with Crippen LogP contribution in [-0.4, -0.2) is 27.3 Å². The van der Waals surface area contributed by atoms with Crippen LogP contribution in [0, 0.1) is 13.8 Å². The molecule has 0 spiro atoms. The normalized spacial score (nSPS) is 12.8. The van der Waals surface area contributed by atoms with Crippen LogP contribution in [0.4, 0.5) is 0 Å². The molecule has 4 aromatic carbocycles. The number of thioether (sulfide) groups is 1. The van der Waals surface area contributed by atoms with Crippen molar-refractivity contribution in [2.24, 2.45) is 0 Å². The second-order valence-electron chi connectivity index (χ2n) is 11.8. The molecule has 0 fully saturated rings. The Bertz CT molecular complexity index is 2170. The van der Waals surface area contributed by atoms with E-state index in [0.717, 1.165) is 68.2 Å². The zero-order valence-electron chi connectivity index (χ0n) is 27.2. The predicted molar refractivity (Wildman–Crippen MR) is 208 cm³/mol. The summed E-state index contributed by atoms with van der Waals surface area (Å²) in [6, 6.07) is 30.7. The number of ketones is 3. The van der Waals surface area contributed by atoms with Crippen molar-refractivity contribution in [3.63, 3.8) is 0 Å². The molecular formula is C41H36O4S4+2. The van der Waals surface area contributed by atoms with E-state index < -0.39 is 0 Å². The Morgan fingerprint density at radius 1 is 0.796 bits per heavy atom. The number of fused-ring (bicyclic) bond motifs is 4. The van der Waals surface area contributed by atoms with Gasteiger partial charge in [-0.15, -0.1) is 34.4 Å². The maximum atomic E-state index is 12.4. The lowest BCUT2D eigenvalue weighted by Gasteiger charge is -2.06. The fourth-order valence-electron chi connectivity index (χ4n) is 5.97. The smallest absolute Gasteiger partial charge is 0.356 e. The monoisotopic (exact) mass is 720 g/mol. The van der Waals surface area contributed by atoms with Crippen LogP contribution < -0.4 is 0 Å². The minimum absolute atomic E-state index is 0.0637. The van der Waals surface area contributed by atoms with Gasteiger partial charge < -0.3 is 5.11 Å². The number of aryl methyl sites for hydroxylation is 4. The molecule has 3 heterocycles. The summed E-state index contributed by atoms with van der Waals surface area (Å²) in [5, 5.41) is 13.9. The summed E-state index contributed by atoms with van der Waals surface area (Å²) >= 11 is 8.58. The fraction of sp³-hybridized carbons (Fsp3) is 0.146. The Morgan fingerprint density at radius 2 is 1.53 bits per heavy atom. The maximum Gasteiger partial charge on any atom is 0.356 e. The Labute approximate surface area is 304 Å². The Balaban J connectivity index is 0.000000128. The van der Waals surface area contributed by atoms with Crippen LogP contribution in [0.3, 0.4) is 0 Å². The van der Waals surface area contributed by atoms with Crippen LogP contribution in [0.2, 0.25) is 0 Å². The van der Waals surface area contributed by atoms with Crippen molar-refractivity contribution in [2.45, 2.75) is 43.1 Å². The van der Waals surface area contributed by atoms with Gasteiger partial charge in [0.1, 0.15) is 11.5 Å². The van der Waals surface area contributed by atoms with E-state index in [-0.39, 0.29) is 17.3 Å². The molecule has 0 radical (unpaired) electrons. The van der Waals surface area contributed by atoms with Gasteiger partial charge in [0.2, 0.25) is 0 Å². The maximum absolute atomic E-state index is 12.4. The SMILES string of the molecule is Cc1ccc2c(c1)SCc1sccc1C2=[OH+].Cc1ccccc1C(=O)c1ccsc1C[SH2+].O=C1c2ccccc2CCc2cccc(O)c21. The van der Waals surface area contributed by atoms with Gasteiger partial charge in [0.05, 0.1) is 21.6 Å². The number of carbonyl (C=O) groups is 2. The highest BCUT2D eigenvalue weighted by molar-refractivity contribution is 7.98. The van der Waals surface area contributed by atoms with Gasteiger partial charge in [0.15, 0.2) is 11.6 Å². The number of rotatable bonds is 3. The second-order valence-corrected chi connectivity index (χ2v) is 15.1. The molecule has 0 unspecified atom stereocenters. The number of hydrogen-bond donors (Lipinski definition) is 1. The van der Waals surface area contributed by atoms with E-state index >= 15 is 0 Å². The lowest BCUT2D eigenvalue weighted by molar-refractivity contribution is 0.102. The topological polar surface area (TPSA) is 75.8 Å². The fourth-order valence-corrected chi connectivity index (χ4v) is 9.29. The summed E-state index contributed by atoms with van der Waals surface area (Å²) in [4.78, 5) is 38.5. The zero-order valence-corrected chi connectivity index (χ0v) is 30.6. The van der Waals surface area contributed by atoms with Crippen molar-refractivity contribution in [1.29, 1.82) is 0 Å². The molecule has 4 nitrogen and oxygen atoms in total. The van der Waals surface area contributed by atoms with Gasteiger partial charge in [-0.1, -0.05) is 66.7 Å². The van der Waals surface area contributed by atoms with E-state index in [0.29, 0.717) is 16.9 Å². The summed E-state index contributed by atoms with van der Waals surface area (Å²) in [5.41, 5.74) is 9.02. The number of benzene rings is 4. The first-order valence-corrected chi connectivity index (χ1v) is 19.3. The van der Waals surface area contributed by atoms with Gasteiger partial charge in [-0.3, -0.25) is 14.4 Å². The molecule has 1 aliphatic heterocycles. The van der Waals surface area contributed by atoms with E-state index in [1.165, 1.54) is 15.3 Å². The molecule has 6 aromatic rings. The first-order valence-electron chi connectivity index (χ1n) is 15.9. The van der Waals surface area contributed by atoms with Gasteiger partial charge in [0.25, 0.3) is 0 Å². The van der Waals surface area contributed by atoms with Crippen molar-refractivity contribution in [3.8, 4) is 5.75 Å². The van der Waals surface area contributed by atoms with E-state index in [9.17, 15) is 19.5 Å². The third-order valence-electron chi connectivity index (χ3n) is 8.57. The molecule has 2 N–H and O–H groups in total. The van der Waals surface area contributed by atoms with Crippen molar-refractivity contribution in [1.82, 2.24) is 0 Å². The summed E-state index contributed by atoms with van der Waals surface area (Å²) in [6.45, 7) is 4.05. The van der Waals surface area contributed by atoms with Gasteiger partial charge in [-0.25, -0.2) is 0 Å². The Kier molecular flexibility index (Phi) is 11.0. The number of aromatic hydroxyl groups is 1. The van der Waals surface area contributed by atoms with E-state index in [4.69, 9.17) is 0 Å². The second kappa shape index (κ2) is 15.6. The van der Waals surface area contributed by atoms with Crippen molar-refractivity contribution in [2.75, 3.05) is 0 Å². The largest absolute Gasteiger partial charge is 0.507 e. The lowest BCUT2D eigenvalue weighted by atomic mass is 9.98. The molecule has 0 bridgehead atoms. The van der Waals surface area contributed by atoms with Crippen LogP contribution in [0.25, 0.3) is 0 Å². The first kappa shape index (κ1) is 34.6. The summed E-state index contributed by atoms with van der Waals surface area (Å²) < 4.78 is 0.